The van der Waals surface area contributed by atoms with Gasteiger partial charge in [-0.1, -0.05) is 0 Å². The quantitative estimate of drug-likeness (QED) is 0.499. The fourth-order valence-corrected chi connectivity index (χ4v) is 3.23. The van der Waals surface area contributed by atoms with Crippen LogP contribution in [0.15, 0.2) is 22.6 Å². The molecule has 0 aliphatic carbocycles. The fourth-order valence-electron chi connectivity index (χ4n) is 3.23. The van der Waals surface area contributed by atoms with Crippen LogP contribution in [0.3, 0.4) is 0 Å². The molecule has 0 radical (unpaired) electrons. The van der Waals surface area contributed by atoms with Gasteiger partial charge in [0.1, 0.15) is 11.3 Å². The van der Waals surface area contributed by atoms with Crippen molar-refractivity contribution in [1.82, 2.24) is 4.98 Å². The van der Waals surface area contributed by atoms with Crippen molar-refractivity contribution >= 4 is 28.7 Å². The molecule has 0 saturated carbocycles. The molecule has 3 rings (SSSR count). The van der Waals surface area contributed by atoms with Crippen LogP contribution in [0, 0.1) is 20.8 Å². The average Bonchev–Trinajstić information content (AvgIpc) is 3.21. The van der Waals surface area contributed by atoms with Crippen LogP contribution in [0.2, 0.25) is 0 Å². The number of furan rings is 1. The molecule has 0 aliphatic rings. The van der Waals surface area contributed by atoms with E-state index in [9.17, 15) is 14.4 Å². The first-order valence-electron chi connectivity index (χ1n) is 8.83. The number of H-pyrrole nitrogens is 1. The number of carbonyl (C=O) groups is 3. The maximum Gasteiger partial charge on any atom is 0.375 e. The van der Waals surface area contributed by atoms with Crippen LogP contribution in [-0.2, 0) is 9.47 Å². The largest absolute Gasteiger partial charge is 0.497 e. The van der Waals surface area contributed by atoms with Crippen molar-refractivity contribution < 1.29 is 33.0 Å². The Morgan fingerprint density at radius 1 is 1.03 bits per heavy atom. The molecule has 2 aromatic heterocycles. The van der Waals surface area contributed by atoms with E-state index in [-0.39, 0.29) is 11.5 Å². The lowest BCUT2D eigenvalue weighted by molar-refractivity contribution is 0.0443. The lowest BCUT2D eigenvalue weighted by atomic mass is 10.1. The highest BCUT2D eigenvalue weighted by Crippen LogP contribution is 2.29. The number of hydrogen-bond donors (Lipinski definition) is 1. The number of ether oxygens (including phenoxy) is 3. The Balaban J connectivity index is 1.78. The zero-order chi connectivity index (χ0) is 21.3. The minimum absolute atomic E-state index is 0.0238. The number of aromatic nitrogens is 1. The van der Waals surface area contributed by atoms with Crippen LogP contribution in [-0.4, -0.2) is 43.5 Å². The van der Waals surface area contributed by atoms with E-state index in [1.165, 1.54) is 7.11 Å². The Bertz CT molecular complexity index is 1120. The number of fused-ring (bicyclic) bond motifs is 1. The summed E-state index contributed by atoms with van der Waals surface area (Å²) in [6, 6.07) is 5.18. The van der Waals surface area contributed by atoms with E-state index in [1.807, 2.05) is 0 Å². The number of hydrogen-bond acceptors (Lipinski definition) is 7. The molecule has 152 valence electrons. The van der Waals surface area contributed by atoms with E-state index >= 15 is 0 Å². The summed E-state index contributed by atoms with van der Waals surface area (Å²) in [5.74, 6) is -1.10. The Morgan fingerprint density at radius 2 is 1.76 bits per heavy atom. The van der Waals surface area contributed by atoms with Gasteiger partial charge in [0.2, 0.25) is 11.5 Å². The van der Waals surface area contributed by atoms with Crippen LogP contribution in [0.25, 0.3) is 11.0 Å². The van der Waals surface area contributed by atoms with Crippen molar-refractivity contribution in [3.63, 3.8) is 0 Å². The molecule has 0 amide bonds. The second-order valence-electron chi connectivity index (χ2n) is 6.53. The number of ketones is 1. The van der Waals surface area contributed by atoms with Gasteiger partial charge in [-0.15, -0.1) is 0 Å². The predicted octanol–water partition coefficient (Wildman–Crippen LogP) is 3.52. The maximum absolute atomic E-state index is 12.5. The van der Waals surface area contributed by atoms with E-state index in [0.29, 0.717) is 33.7 Å². The van der Waals surface area contributed by atoms with Crippen molar-refractivity contribution in [2.45, 2.75) is 20.8 Å². The maximum atomic E-state index is 12.5. The molecular formula is C21H21NO7. The molecule has 8 heteroatoms. The summed E-state index contributed by atoms with van der Waals surface area (Å²) in [7, 11) is 2.82. The SMILES string of the molecule is COC(=O)c1c(C)[nH]c(C(=O)COC(=O)c2oc3ccc(OC)cc3c2C)c1C. The van der Waals surface area contributed by atoms with E-state index in [2.05, 4.69) is 4.98 Å². The highest BCUT2D eigenvalue weighted by Gasteiger charge is 2.25. The minimum Gasteiger partial charge on any atom is -0.497 e. The number of carbonyl (C=O) groups excluding carboxylic acids is 3. The van der Waals surface area contributed by atoms with Crippen LogP contribution in [0.5, 0.6) is 5.75 Å². The second-order valence-corrected chi connectivity index (χ2v) is 6.53. The Morgan fingerprint density at radius 3 is 2.41 bits per heavy atom. The highest BCUT2D eigenvalue weighted by atomic mass is 16.5. The first kappa shape index (κ1) is 20.2. The smallest absolute Gasteiger partial charge is 0.375 e. The minimum atomic E-state index is -0.750. The number of rotatable bonds is 6. The zero-order valence-electron chi connectivity index (χ0n) is 16.8. The number of methoxy groups -OCH3 is 2. The van der Waals surface area contributed by atoms with Gasteiger partial charge in [-0.3, -0.25) is 4.79 Å². The molecule has 0 saturated heterocycles. The molecule has 2 heterocycles. The molecule has 29 heavy (non-hydrogen) atoms. The Labute approximate surface area is 166 Å². The van der Waals surface area contributed by atoms with Gasteiger partial charge in [-0.05, 0) is 44.5 Å². The summed E-state index contributed by atoms with van der Waals surface area (Å²) in [6.45, 7) is 4.51. The molecule has 0 atom stereocenters. The number of Topliss-reactive ketones (excluding diaryl/α,β-unsaturated/α-hetero) is 1. The van der Waals surface area contributed by atoms with Gasteiger partial charge >= 0.3 is 11.9 Å². The van der Waals surface area contributed by atoms with Crippen LogP contribution >= 0.6 is 0 Å². The monoisotopic (exact) mass is 399 g/mol. The van der Waals surface area contributed by atoms with Crippen LogP contribution < -0.4 is 4.74 Å². The van der Waals surface area contributed by atoms with Gasteiger partial charge in [0.15, 0.2) is 6.61 Å². The van der Waals surface area contributed by atoms with Gasteiger partial charge < -0.3 is 23.6 Å². The summed E-state index contributed by atoms with van der Waals surface area (Å²) < 4.78 is 20.6. The molecule has 0 aliphatic heterocycles. The van der Waals surface area contributed by atoms with Crippen LogP contribution in [0.1, 0.15) is 48.2 Å². The first-order valence-corrected chi connectivity index (χ1v) is 8.83. The lowest BCUT2D eigenvalue weighted by Crippen LogP contribution is -2.15. The molecule has 1 aromatic carbocycles. The zero-order valence-corrected chi connectivity index (χ0v) is 16.8. The van der Waals surface area contributed by atoms with Crippen molar-refractivity contribution in [1.29, 1.82) is 0 Å². The van der Waals surface area contributed by atoms with Crippen molar-refractivity contribution in [3.8, 4) is 5.75 Å². The van der Waals surface area contributed by atoms with Crippen molar-refractivity contribution in [2.24, 2.45) is 0 Å². The number of benzene rings is 1. The van der Waals surface area contributed by atoms with Crippen molar-refractivity contribution in [3.05, 3.63) is 52.0 Å². The third-order valence-corrected chi connectivity index (χ3v) is 4.77. The molecule has 0 bridgehead atoms. The standard InChI is InChI=1S/C21H21NO7/c1-10-14-8-13(26-4)6-7-16(14)29-19(10)21(25)28-9-15(23)18-11(2)17(12(3)22-18)20(24)27-5/h6-8,22H,9H2,1-5H3. The molecule has 0 fully saturated rings. The van der Waals surface area contributed by atoms with Crippen LogP contribution in [0.4, 0.5) is 0 Å². The van der Waals surface area contributed by atoms with E-state index in [1.54, 1.807) is 46.1 Å². The second kappa shape index (κ2) is 7.83. The van der Waals surface area contributed by atoms with Gasteiger partial charge in [0.25, 0.3) is 0 Å². The average molecular weight is 399 g/mol. The summed E-state index contributed by atoms with van der Waals surface area (Å²) in [5.41, 5.74) is 2.55. The Kier molecular flexibility index (Phi) is 5.45. The summed E-state index contributed by atoms with van der Waals surface area (Å²) >= 11 is 0. The predicted molar refractivity (Wildman–Crippen MR) is 104 cm³/mol. The topological polar surface area (TPSA) is 108 Å². The number of aryl methyl sites for hydroxylation is 2. The van der Waals surface area contributed by atoms with Gasteiger partial charge in [0, 0.05) is 16.6 Å². The van der Waals surface area contributed by atoms with Crippen molar-refractivity contribution in [2.75, 3.05) is 20.8 Å². The number of nitrogens with one attached hydrogen (secondary N) is 1. The molecule has 8 nitrogen and oxygen atoms in total. The summed E-state index contributed by atoms with van der Waals surface area (Å²) in [4.78, 5) is 39.7. The highest BCUT2D eigenvalue weighted by molar-refractivity contribution is 6.03. The number of esters is 2. The summed E-state index contributed by atoms with van der Waals surface area (Å²) in [5, 5.41) is 0.723. The molecule has 1 N–H and O–H groups in total. The van der Waals surface area contributed by atoms with E-state index in [4.69, 9.17) is 18.6 Å². The van der Waals surface area contributed by atoms with Gasteiger partial charge in [0.05, 0.1) is 25.5 Å². The van der Waals surface area contributed by atoms with Gasteiger partial charge in [-0.25, -0.2) is 9.59 Å². The summed E-state index contributed by atoms with van der Waals surface area (Å²) in [6.07, 6.45) is 0. The third kappa shape index (κ3) is 3.61. The molecular weight excluding hydrogens is 378 g/mol. The normalized spacial score (nSPS) is 10.8. The lowest BCUT2D eigenvalue weighted by Gasteiger charge is -2.03. The molecule has 0 spiro atoms. The molecule has 0 unspecified atom stereocenters. The van der Waals surface area contributed by atoms with E-state index in [0.717, 1.165) is 5.39 Å². The van der Waals surface area contributed by atoms with E-state index < -0.39 is 24.3 Å². The Hall–Kier alpha value is -3.55. The fraction of sp³-hybridized carbons (Fsp3) is 0.286. The number of aromatic amines is 1. The molecule has 3 aromatic rings. The first-order chi connectivity index (χ1) is 13.8. The van der Waals surface area contributed by atoms with Gasteiger partial charge in [-0.2, -0.15) is 0 Å². The third-order valence-electron chi connectivity index (χ3n) is 4.77.